The summed E-state index contributed by atoms with van der Waals surface area (Å²) in [4.78, 5) is 60.1. The van der Waals surface area contributed by atoms with E-state index < -0.39 is 53.2 Å². The Kier molecular flexibility index (Phi) is 10.9. The lowest BCUT2D eigenvalue weighted by molar-refractivity contribution is -0.162. The molecule has 256 valence electrons. The zero-order chi connectivity index (χ0) is 33.9. The molecule has 4 heterocycles. The van der Waals surface area contributed by atoms with E-state index in [1.54, 1.807) is 15.9 Å². The van der Waals surface area contributed by atoms with E-state index >= 15 is 0 Å². The molecule has 5 bridgehead atoms. The van der Waals surface area contributed by atoms with Crippen LogP contribution in [-0.4, -0.2) is 101 Å². The maximum Gasteiger partial charge on any atom is 0.313 e. The third kappa shape index (κ3) is 6.93. The molecule has 2 saturated heterocycles. The van der Waals surface area contributed by atoms with Crippen molar-refractivity contribution < 1.29 is 38.5 Å². The molecule has 4 aliphatic heterocycles. The Bertz CT molecular complexity index is 1390. The average Bonchev–Trinajstić information content (AvgIpc) is 3.62. The molecule has 5 rings (SSSR count). The topological polar surface area (TPSA) is 135 Å². The third-order valence-corrected chi connectivity index (χ3v) is 10.2. The molecule has 12 heteroatoms. The molecule has 2 fully saturated rings. The number of fused-ring (bicyclic) bond motifs is 2. The number of aliphatic hydroxyl groups excluding tert-OH is 1. The molecule has 0 aromatic heterocycles. The Morgan fingerprint density at radius 1 is 1.04 bits per heavy atom. The summed E-state index contributed by atoms with van der Waals surface area (Å²) in [6.07, 6.45) is 6.25. The number of methoxy groups -OCH3 is 1. The molecule has 0 unspecified atom stereocenters. The number of cyclic esters (lactones) is 1. The summed E-state index contributed by atoms with van der Waals surface area (Å²) < 4.78 is 19.0. The van der Waals surface area contributed by atoms with Gasteiger partial charge in [0.1, 0.15) is 29.8 Å². The molecule has 47 heavy (non-hydrogen) atoms. The molecule has 0 radical (unpaired) electrons. The molecular formula is C35H46BrN3O8. The molecule has 1 aromatic rings. The van der Waals surface area contributed by atoms with E-state index in [0.29, 0.717) is 35.7 Å². The van der Waals surface area contributed by atoms with E-state index in [9.17, 15) is 24.3 Å². The van der Waals surface area contributed by atoms with Gasteiger partial charge in [-0.15, -0.1) is 0 Å². The molecule has 11 nitrogen and oxygen atoms in total. The Labute approximate surface area is 284 Å². The highest BCUT2D eigenvalue weighted by atomic mass is 79.9. The Morgan fingerprint density at radius 2 is 1.79 bits per heavy atom. The first kappa shape index (κ1) is 35.3. The number of rotatable bonds is 8. The van der Waals surface area contributed by atoms with Crippen LogP contribution in [0.2, 0.25) is 0 Å². The number of aliphatic hydroxyl groups is 1. The van der Waals surface area contributed by atoms with Crippen molar-refractivity contribution in [3.8, 4) is 0 Å². The van der Waals surface area contributed by atoms with Crippen LogP contribution in [0.4, 0.5) is 0 Å². The summed E-state index contributed by atoms with van der Waals surface area (Å²) in [7, 11) is 1.52. The summed E-state index contributed by atoms with van der Waals surface area (Å²) in [5.74, 6) is -3.54. The van der Waals surface area contributed by atoms with Gasteiger partial charge in [0.05, 0.1) is 18.6 Å². The maximum absolute atomic E-state index is 14.7. The number of nitrogens with one attached hydrogen (secondary N) is 1. The molecule has 0 saturated carbocycles. The quantitative estimate of drug-likeness (QED) is 0.238. The van der Waals surface area contributed by atoms with Gasteiger partial charge in [0.25, 0.3) is 0 Å². The molecule has 1 aromatic carbocycles. The standard InChI is InChI=1S/C35H46BrN3O8/c1-34(2,3)39-18-12-6-10-16-25(41)37-24(21-45-4)28(22-14-8-5-9-15-22)46-33(44)26-27-31(42)38(17-11-7-13-19-40)30(32(39)43)35(27)20-23(36)29(26)47-35/h5-6,8-9,12,14-15,20,24,26-30,40H,7,10-11,13,16-19,21H2,1-4H3,(H,37,41)/b12-6-/t24-,26+,27-,28-,29+,30+,35-/m0/s1. The van der Waals surface area contributed by atoms with Gasteiger partial charge in [0, 0.05) is 43.2 Å². The number of carbonyl (C=O) groups excluding carboxylic acids is 4. The Balaban J connectivity index is 1.61. The number of benzene rings is 1. The van der Waals surface area contributed by atoms with Crippen molar-refractivity contribution in [2.45, 2.75) is 88.3 Å². The van der Waals surface area contributed by atoms with Gasteiger partial charge < -0.3 is 34.4 Å². The van der Waals surface area contributed by atoms with Gasteiger partial charge in [-0.1, -0.05) is 58.4 Å². The molecule has 3 amide bonds. The van der Waals surface area contributed by atoms with Crippen molar-refractivity contribution in [1.82, 2.24) is 15.1 Å². The van der Waals surface area contributed by atoms with Crippen molar-refractivity contribution in [3.63, 3.8) is 0 Å². The molecule has 1 spiro atoms. The van der Waals surface area contributed by atoms with Gasteiger partial charge >= 0.3 is 5.97 Å². The zero-order valence-corrected chi connectivity index (χ0v) is 29.1. The zero-order valence-electron chi connectivity index (χ0n) is 27.5. The largest absolute Gasteiger partial charge is 0.455 e. The average molecular weight is 717 g/mol. The highest BCUT2D eigenvalue weighted by Gasteiger charge is 2.75. The fourth-order valence-electron chi connectivity index (χ4n) is 7.32. The number of ether oxygens (including phenoxy) is 3. The number of esters is 1. The summed E-state index contributed by atoms with van der Waals surface area (Å²) >= 11 is 3.61. The lowest BCUT2D eigenvalue weighted by atomic mass is 9.74. The lowest BCUT2D eigenvalue weighted by Gasteiger charge is -2.41. The normalized spacial score (nSPS) is 32.3. The van der Waals surface area contributed by atoms with E-state index in [1.165, 1.54) is 7.11 Å². The van der Waals surface area contributed by atoms with Crippen molar-refractivity contribution >= 4 is 39.6 Å². The van der Waals surface area contributed by atoms with Gasteiger partial charge in [0.2, 0.25) is 17.7 Å². The van der Waals surface area contributed by atoms with Crippen molar-refractivity contribution in [3.05, 3.63) is 58.6 Å². The molecule has 2 N–H and O–H groups in total. The van der Waals surface area contributed by atoms with Crippen LogP contribution < -0.4 is 5.32 Å². The second-order valence-electron chi connectivity index (χ2n) is 13.7. The number of hydrogen-bond acceptors (Lipinski definition) is 8. The number of carbonyl (C=O) groups is 4. The molecular weight excluding hydrogens is 670 g/mol. The van der Waals surface area contributed by atoms with Crippen LogP contribution in [-0.2, 0) is 33.4 Å². The van der Waals surface area contributed by atoms with Gasteiger partial charge in [-0.2, -0.15) is 0 Å². The second-order valence-corrected chi connectivity index (χ2v) is 14.6. The highest BCUT2D eigenvalue weighted by molar-refractivity contribution is 9.11. The van der Waals surface area contributed by atoms with Gasteiger partial charge in [0.15, 0.2) is 0 Å². The molecule has 0 aliphatic carbocycles. The SMILES string of the molecule is COC[C@@H]1NC(=O)CC/C=C\CN(C(C)(C)C)C(=O)[C@H]2N(CCCCCO)C(=O)[C@@H]3[C@@H](C(=O)O[C@H]1c1ccccc1)[C@@H]1O[C@@]32C=C1Br. The van der Waals surface area contributed by atoms with Crippen LogP contribution in [0.15, 0.2) is 53.0 Å². The first-order valence-corrected chi connectivity index (χ1v) is 17.2. The van der Waals surface area contributed by atoms with Gasteiger partial charge in [-0.05, 0) is 58.1 Å². The Hall–Kier alpha value is -3.06. The number of allylic oxidation sites excluding steroid dienone is 1. The monoisotopic (exact) mass is 715 g/mol. The first-order valence-electron chi connectivity index (χ1n) is 16.4. The highest BCUT2D eigenvalue weighted by Crippen LogP contribution is 2.59. The van der Waals surface area contributed by atoms with Gasteiger partial charge in [-0.25, -0.2) is 0 Å². The minimum Gasteiger partial charge on any atom is -0.455 e. The van der Waals surface area contributed by atoms with Crippen molar-refractivity contribution in [2.24, 2.45) is 11.8 Å². The smallest absolute Gasteiger partial charge is 0.313 e. The van der Waals surface area contributed by atoms with Crippen molar-refractivity contribution in [2.75, 3.05) is 33.4 Å². The fourth-order valence-corrected chi connectivity index (χ4v) is 8.06. The van der Waals surface area contributed by atoms with Crippen LogP contribution >= 0.6 is 15.9 Å². The number of halogens is 1. The minimum atomic E-state index is -1.39. The minimum absolute atomic E-state index is 0.0362. The van der Waals surface area contributed by atoms with E-state index in [2.05, 4.69) is 21.2 Å². The van der Waals surface area contributed by atoms with Gasteiger partial charge in [-0.3, -0.25) is 19.2 Å². The van der Waals surface area contributed by atoms with Crippen LogP contribution in [0.1, 0.15) is 64.5 Å². The van der Waals surface area contributed by atoms with Crippen molar-refractivity contribution in [1.29, 1.82) is 0 Å². The first-order chi connectivity index (χ1) is 22.4. The third-order valence-electron chi connectivity index (χ3n) is 9.49. The van der Waals surface area contributed by atoms with Crippen LogP contribution in [0, 0.1) is 11.8 Å². The number of hydrogen-bond donors (Lipinski definition) is 2. The number of likely N-dealkylation sites (tertiary alicyclic amines) is 1. The summed E-state index contributed by atoms with van der Waals surface area (Å²) in [5.41, 5.74) is -1.35. The summed E-state index contributed by atoms with van der Waals surface area (Å²) in [6.45, 7) is 6.45. The van der Waals surface area contributed by atoms with E-state index in [4.69, 9.17) is 14.2 Å². The van der Waals surface area contributed by atoms with Crippen LogP contribution in [0.3, 0.4) is 0 Å². The molecule has 4 aliphatic rings. The van der Waals surface area contributed by atoms with E-state index in [0.717, 1.165) is 0 Å². The Morgan fingerprint density at radius 3 is 2.47 bits per heavy atom. The predicted octanol–water partition coefficient (Wildman–Crippen LogP) is 3.42. The van der Waals surface area contributed by atoms with E-state index in [1.807, 2.05) is 63.3 Å². The van der Waals surface area contributed by atoms with Crippen LogP contribution in [0.5, 0.6) is 0 Å². The predicted molar refractivity (Wildman–Crippen MR) is 177 cm³/mol. The maximum atomic E-state index is 14.7. The van der Waals surface area contributed by atoms with Crippen LogP contribution in [0.25, 0.3) is 0 Å². The second kappa shape index (κ2) is 14.6. The number of amides is 3. The van der Waals surface area contributed by atoms with E-state index in [-0.39, 0.29) is 50.4 Å². The summed E-state index contributed by atoms with van der Waals surface area (Å²) in [5, 5.41) is 12.4. The number of nitrogens with zero attached hydrogens (tertiary/aromatic N) is 2. The summed E-state index contributed by atoms with van der Waals surface area (Å²) in [6, 6.07) is 7.41. The number of unbranched alkanes of at least 4 members (excludes halogenated alkanes) is 2. The fraction of sp³-hybridized carbons (Fsp3) is 0.600. The lowest BCUT2D eigenvalue weighted by Crippen LogP contribution is -2.59. The molecule has 7 atom stereocenters.